The van der Waals surface area contributed by atoms with Crippen LogP contribution in [0.4, 0.5) is 0 Å². The van der Waals surface area contributed by atoms with Crippen LogP contribution in [-0.2, 0) is 24.2 Å². The highest BCUT2D eigenvalue weighted by Gasteiger charge is 2.51. The number of nitriles is 1. The van der Waals surface area contributed by atoms with Gasteiger partial charge in [-0.25, -0.2) is 13.2 Å². The van der Waals surface area contributed by atoms with Crippen LogP contribution in [0.15, 0.2) is 77.4 Å². The number of likely N-dealkylation sites (tertiary alicyclic amines) is 1. The number of esters is 1. The van der Waals surface area contributed by atoms with E-state index in [0.29, 0.717) is 52.8 Å². The molecule has 1 spiro atoms. The topological polar surface area (TPSA) is 125 Å². The van der Waals surface area contributed by atoms with Crippen molar-refractivity contribution in [2.75, 3.05) is 19.3 Å². The smallest absolute Gasteiger partial charge is 0.343 e. The third kappa shape index (κ3) is 5.56. The van der Waals surface area contributed by atoms with E-state index >= 15 is 0 Å². The molecule has 1 fully saturated rings. The van der Waals surface area contributed by atoms with Crippen molar-refractivity contribution in [1.82, 2.24) is 4.90 Å². The Morgan fingerprint density at radius 2 is 1.90 bits per heavy atom. The molecule has 42 heavy (non-hydrogen) atoms. The van der Waals surface area contributed by atoms with Gasteiger partial charge in [0.25, 0.3) is 0 Å². The molecule has 2 aliphatic heterocycles. The van der Waals surface area contributed by atoms with E-state index in [9.17, 15) is 23.1 Å². The standard InChI is InChI=1S/C32H27ClN2O6S/c1-20-14-26(23-8-4-9-24(16-23)42(2,39)40)27(33)17-25(20)29-30(37)32(41-31(29)38)12-5-13-35(19-32)28(36)11-10-21-6-3-7-22(15-21)18-34/h3-4,6-11,14-17,37H,5,12-13,19H2,1-2H3/b11-10-. The molecule has 2 aliphatic rings. The van der Waals surface area contributed by atoms with Gasteiger partial charge in [-0.3, -0.25) is 4.79 Å². The quantitative estimate of drug-likeness (QED) is 0.302. The zero-order valence-electron chi connectivity index (χ0n) is 22.9. The van der Waals surface area contributed by atoms with E-state index in [2.05, 4.69) is 6.07 Å². The molecule has 0 aliphatic carbocycles. The van der Waals surface area contributed by atoms with Gasteiger partial charge < -0.3 is 14.7 Å². The summed E-state index contributed by atoms with van der Waals surface area (Å²) in [5, 5.41) is 20.8. The Morgan fingerprint density at radius 1 is 1.14 bits per heavy atom. The van der Waals surface area contributed by atoms with Crippen molar-refractivity contribution in [2.45, 2.75) is 30.3 Å². The lowest BCUT2D eigenvalue weighted by Gasteiger charge is -2.38. The van der Waals surface area contributed by atoms with Gasteiger partial charge in [0.15, 0.2) is 21.2 Å². The molecule has 1 atom stereocenters. The molecule has 0 saturated carbocycles. The molecule has 2 heterocycles. The monoisotopic (exact) mass is 602 g/mol. The number of rotatable bonds is 5. The molecule has 3 aromatic rings. The summed E-state index contributed by atoms with van der Waals surface area (Å²) in [4.78, 5) is 27.9. The number of sulfone groups is 1. The first-order valence-electron chi connectivity index (χ1n) is 13.2. The average molecular weight is 603 g/mol. The summed E-state index contributed by atoms with van der Waals surface area (Å²) in [6, 6.07) is 18.6. The van der Waals surface area contributed by atoms with Crippen LogP contribution >= 0.6 is 11.6 Å². The highest BCUT2D eigenvalue weighted by Crippen LogP contribution is 2.44. The van der Waals surface area contributed by atoms with Crippen molar-refractivity contribution >= 4 is 45.0 Å². The number of amides is 1. The number of halogens is 1. The van der Waals surface area contributed by atoms with Gasteiger partial charge in [-0.15, -0.1) is 0 Å². The number of hydrogen-bond acceptors (Lipinski definition) is 7. The second kappa shape index (κ2) is 11.1. The number of carbonyl (C=O) groups is 2. The molecule has 1 saturated heterocycles. The molecular formula is C32H27ClN2O6S. The molecule has 1 unspecified atom stereocenters. The van der Waals surface area contributed by atoms with Crippen molar-refractivity contribution in [2.24, 2.45) is 0 Å². The van der Waals surface area contributed by atoms with Gasteiger partial charge in [0.05, 0.1) is 23.1 Å². The van der Waals surface area contributed by atoms with Gasteiger partial charge in [-0.2, -0.15) is 5.26 Å². The average Bonchev–Trinajstić information content (AvgIpc) is 3.20. The van der Waals surface area contributed by atoms with Gasteiger partial charge in [-0.05, 0) is 84.5 Å². The molecule has 0 aromatic heterocycles. The lowest BCUT2D eigenvalue weighted by molar-refractivity contribution is -0.155. The number of aliphatic hydroxyl groups excluding tert-OH is 1. The van der Waals surface area contributed by atoms with Gasteiger partial charge in [0, 0.05) is 29.5 Å². The molecule has 214 valence electrons. The van der Waals surface area contributed by atoms with E-state index in [1.807, 2.05) is 0 Å². The van der Waals surface area contributed by atoms with E-state index in [0.717, 1.165) is 6.26 Å². The third-order valence-electron chi connectivity index (χ3n) is 7.52. The molecule has 0 radical (unpaired) electrons. The molecule has 0 bridgehead atoms. The van der Waals surface area contributed by atoms with Gasteiger partial charge in [0.1, 0.15) is 5.57 Å². The molecule has 3 aromatic carbocycles. The highest BCUT2D eigenvalue weighted by atomic mass is 35.5. The maximum Gasteiger partial charge on any atom is 0.343 e. The van der Waals surface area contributed by atoms with Crippen LogP contribution in [0.3, 0.4) is 0 Å². The fourth-order valence-corrected chi connectivity index (χ4v) is 6.32. The van der Waals surface area contributed by atoms with Crippen LogP contribution in [0.5, 0.6) is 0 Å². The van der Waals surface area contributed by atoms with Crippen molar-refractivity contribution in [3.63, 3.8) is 0 Å². The largest absolute Gasteiger partial charge is 0.507 e. The zero-order chi connectivity index (χ0) is 30.2. The summed E-state index contributed by atoms with van der Waals surface area (Å²) in [6.45, 7) is 2.17. The number of aliphatic hydroxyl groups is 1. The van der Waals surface area contributed by atoms with Crippen LogP contribution in [0, 0.1) is 18.3 Å². The van der Waals surface area contributed by atoms with Gasteiger partial charge >= 0.3 is 5.97 Å². The third-order valence-corrected chi connectivity index (χ3v) is 8.94. The fourth-order valence-electron chi connectivity index (χ4n) is 5.38. The summed E-state index contributed by atoms with van der Waals surface area (Å²) in [5.41, 5.74) is 1.98. The summed E-state index contributed by atoms with van der Waals surface area (Å²) in [7, 11) is -3.43. The maximum atomic E-state index is 13.2. The highest BCUT2D eigenvalue weighted by molar-refractivity contribution is 7.90. The van der Waals surface area contributed by atoms with Gasteiger partial charge in [0.2, 0.25) is 5.91 Å². The minimum absolute atomic E-state index is 0.0102. The number of carbonyl (C=O) groups excluding carboxylic acids is 2. The van der Waals surface area contributed by atoms with E-state index in [-0.39, 0.29) is 33.7 Å². The lowest BCUT2D eigenvalue weighted by Crippen LogP contribution is -2.51. The second-order valence-corrected chi connectivity index (χ2v) is 12.9. The summed E-state index contributed by atoms with van der Waals surface area (Å²) < 4.78 is 29.9. The van der Waals surface area contributed by atoms with E-state index in [4.69, 9.17) is 21.6 Å². The van der Waals surface area contributed by atoms with Crippen molar-refractivity contribution in [3.05, 3.63) is 99.8 Å². The molecule has 5 rings (SSSR count). The minimum atomic E-state index is -3.43. The van der Waals surface area contributed by atoms with Crippen molar-refractivity contribution in [1.29, 1.82) is 5.26 Å². The van der Waals surface area contributed by atoms with Crippen LogP contribution in [-0.4, -0.2) is 55.2 Å². The number of ether oxygens (including phenoxy) is 1. The first kappa shape index (κ1) is 29.1. The molecule has 8 nitrogen and oxygen atoms in total. The van der Waals surface area contributed by atoms with E-state index < -0.39 is 21.4 Å². The fraction of sp³-hybridized carbons (Fsp3) is 0.219. The number of benzene rings is 3. The van der Waals surface area contributed by atoms with Crippen LogP contribution in [0.25, 0.3) is 22.8 Å². The normalized spacial score (nSPS) is 18.9. The van der Waals surface area contributed by atoms with E-state index in [1.54, 1.807) is 61.5 Å². The SMILES string of the molecule is Cc1cc(-c2cccc(S(C)(=O)=O)c2)c(Cl)cc1C1=C(O)C2(CCCN(C(=O)/C=C\c3cccc(C#N)c3)C2)OC1=O. The Labute approximate surface area is 249 Å². The number of nitrogens with zero attached hydrogens (tertiary/aromatic N) is 2. The first-order valence-corrected chi connectivity index (χ1v) is 15.4. The Bertz CT molecular complexity index is 1840. The van der Waals surface area contributed by atoms with Gasteiger partial charge in [-0.1, -0.05) is 35.9 Å². The predicted octanol–water partition coefficient (Wildman–Crippen LogP) is 5.49. The molecule has 1 N–H and O–H groups in total. The zero-order valence-corrected chi connectivity index (χ0v) is 24.5. The van der Waals surface area contributed by atoms with Crippen LogP contribution in [0.1, 0.15) is 35.1 Å². The number of aryl methyl sites for hydroxylation is 1. The molecule has 1 amide bonds. The van der Waals surface area contributed by atoms with Crippen molar-refractivity contribution in [3.8, 4) is 17.2 Å². The first-order chi connectivity index (χ1) is 19.9. The predicted molar refractivity (Wildman–Crippen MR) is 159 cm³/mol. The van der Waals surface area contributed by atoms with Crippen molar-refractivity contribution < 1.29 is 27.9 Å². The molecular weight excluding hydrogens is 576 g/mol. The summed E-state index contributed by atoms with van der Waals surface area (Å²) in [6.07, 6.45) is 4.99. The number of piperidine rings is 1. The van der Waals surface area contributed by atoms with E-state index in [1.165, 1.54) is 23.1 Å². The Balaban J connectivity index is 1.44. The molecule has 10 heteroatoms. The number of hydrogen-bond donors (Lipinski definition) is 1. The maximum absolute atomic E-state index is 13.2. The lowest BCUT2D eigenvalue weighted by atomic mass is 9.87. The minimum Gasteiger partial charge on any atom is -0.507 e. The second-order valence-electron chi connectivity index (χ2n) is 10.5. The Kier molecular flexibility index (Phi) is 7.71. The summed E-state index contributed by atoms with van der Waals surface area (Å²) in [5.74, 6) is -1.27. The Hall–Kier alpha value is -4.39. The summed E-state index contributed by atoms with van der Waals surface area (Å²) >= 11 is 6.64. The van der Waals surface area contributed by atoms with Crippen LogP contribution in [0.2, 0.25) is 5.02 Å². The Morgan fingerprint density at radius 3 is 2.64 bits per heavy atom. The van der Waals surface area contributed by atoms with Crippen LogP contribution < -0.4 is 0 Å².